The van der Waals surface area contributed by atoms with Crippen molar-refractivity contribution in [3.8, 4) is 5.75 Å². The Morgan fingerprint density at radius 2 is 1.70 bits per heavy atom. The van der Waals surface area contributed by atoms with E-state index in [1.54, 1.807) is 24.3 Å². The SMILES string of the molecule is COc1cccc(S(=O)(=O)CCN2CCN(Cc3cccc(Cl)c3)CC2)c1. The number of hydrogen-bond acceptors (Lipinski definition) is 5. The Hall–Kier alpha value is -1.60. The minimum atomic E-state index is -3.31. The first-order chi connectivity index (χ1) is 13.0. The second-order valence-corrected chi connectivity index (χ2v) is 9.29. The molecule has 5 nitrogen and oxygen atoms in total. The van der Waals surface area contributed by atoms with E-state index >= 15 is 0 Å². The maximum absolute atomic E-state index is 12.6. The van der Waals surface area contributed by atoms with Crippen molar-refractivity contribution in [2.24, 2.45) is 0 Å². The largest absolute Gasteiger partial charge is 0.497 e. The molecular formula is C20H25ClN2O3S. The van der Waals surface area contributed by atoms with E-state index in [9.17, 15) is 8.42 Å². The Kier molecular flexibility index (Phi) is 6.76. The third-order valence-corrected chi connectivity index (χ3v) is 6.76. The highest BCUT2D eigenvalue weighted by Crippen LogP contribution is 2.19. The third-order valence-electron chi connectivity index (χ3n) is 4.84. The Bertz CT molecular complexity index is 865. The summed E-state index contributed by atoms with van der Waals surface area (Å²) in [7, 11) is -1.77. The summed E-state index contributed by atoms with van der Waals surface area (Å²) in [6.07, 6.45) is 0. The predicted molar refractivity (Wildman–Crippen MR) is 108 cm³/mol. The topological polar surface area (TPSA) is 49.9 Å². The minimum absolute atomic E-state index is 0.120. The number of ether oxygens (including phenoxy) is 1. The van der Waals surface area contributed by atoms with Gasteiger partial charge in [-0.05, 0) is 35.9 Å². The lowest BCUT2D eigenvalue weighted by molar-refractivity contribution is 0.132. The second-order valence-electron chi connectivity index (χ2n) is 6.75. The number of hydrogen-bond donors (Lipinski definition) is 0. The van der Waals surface area contributed by atoms with Gasteiger partial charge in [-0.25, -0.2) is 8.42 Å². The van der Waals surface area contributed by atoms with E-state index in [4.69, 9.17) is 16.3 Å². The van der Waals surface area contributed by atoms with Crippen LogP contribution in [0.15, 0.2) is 53.4 Å². The fourth-order valence-electron chi connectivity index (χ4n) is 3.23. The first kappa shape index (κ1) is 20.1. The minimum Gasteiger partial charge on any atom is -0.497 e. The van der Waals surface area contributed by atoms with Gasteiger partial charge >= 0.3 is 0 Å². The molecule has 1 aliphatic rings. The molecule has 0 radical (unpaired) electrons. The van der Waals surface area contributed by atoms with Gasteiger partial charge in [0.15, 0.2) is 9.84 Å². The van der Waals surface area contributed by atoms with Crippen molar-refractivity contribution in [1.82, 2.24) is 9.80 Å². The molecule has 1 fully saturated rings. The molecule has 0 unspecified atom stereocenters. The quantitative estimate of drug-likeness (QED) is 0.705. The van der Waals surface area contributed by atoms with Crippen molar-refractivity contribution in [3.05, 3.63) is 59.1 Å². The molecule has 1 saturated heterocycles. The predicted octanol–water partition coefficient (Wildman–Crippen LogP) is 2.94. The van der Waals surface area contributed by atoms with Crippen LogP contribution in [0, 0.1) is 0 Å². The molecule has 0 aliphatic carbocycles. The molecule has 0 bridgehead atoms. The van der Waals surface area contributed by atoms with Gasteiger partial charge in [0.05, 0.1) is 17.8 Å². The summed E-state index contributed by atoms with van der Waals surface area (Å²) in [5.41, 5.74) is 1.21. The molecule has 0 amide bonds. The van der Waals surface area contributed by atoms with E-state index in [1.807, 2.05) is 18.2 Å². The molecule has 7 heteroatoms. The summed E-state index contributed by atoms with van der Waals surface area (Å²) in [5.74, 6) is 0.680. The van der Waals surface area contributed by atoms with Crippen molar-refractivity contribution < 1.29 is 13.2 Å². The van der Waals surface area contributed by atoms with Gasteiger partial charge in [-0.1, -0.05) is 29.8 Å². The lowest BCUT2D eigenvalue weighted by Gasteiger charge is -2.34. The lowest BCUT2D eigenvalue weighted by atomic mass is 10.2. The molecule has 0 aromatic heterocycles. The molecule has 2 aromatic rings. The van der Waals surface area contributed by atoms with Crippen LogP contribution in [0.25, 0.3) is 0 Å². The molecule has 0 saturated carbocycles. The average Bonchev–Trinajstić information content (AvgIpc) is 2.67. The normalized spacial score (nSPS) is 16.4. The van der Waals surface area contributed by atoms with Gasteiger partial charge in [0.1, 0.15) is 5.75 Å². The van der Waals surface area contributed by atoms with Crippen LogP contribution in [0.4, 0.5) is 0 Å². The monoisotopic (exact) mass is 408 g/mol. The number of benzene rings is 2. The van der Waals surface area contributed by atoms with E-state index in [0.717, 1.165) is 37.7 Å². The lowest BCUT2D eigenvalue weighted by Crippen LogP contribution is -2.47. The van der Waals surface area contributed by atoms with Gasteiger partial charge in [-0.15, -0.1) is 0 Å². The summed E-state index contributed by atoms with van der Waals surface area (Å²) >= 11 is 6.05. The van der Waals surface area contributed by atoms with Crippen LogP contribution < -0.4 is 4.74 Å². The standard InChI is InChI=1S/C20H25ClN2O3S/c1-26-19-6-3-7-20(15-19)27(24,25)13-12-22-8-10-23(11-9-22)16-17-4-2-5-18(21)14-17/h2-7,14-15H,8-13,16H2,1H3. The molecule has 27 heavy (non-hydrogen) atoms. The van der Waals surface area contributed by atoms with E-state index in [1.165, 1.54) is 12.7 Å². The molecule has 3 rings (SSSR count). The van der Waals surface area contributed by atoms with Gasteiger partial charge in [0.25, 0.3) is 0 Å². The highest BCUT2D eigenvalue weighted by molar-refractivity contribution is 7.91. The van der Waals surface area contributed by atoms with Crippen LogP contribution in [0.3, 0.4) is 0 Å². The van der Waals surface area contributed by atoms with Crippen molar-refractivity contribution in [1.29, 1.82) is 0 Å². The Morgan fingerprint density at radius 1 is 1.00 bits per heavy atom. The van der Waals surface area contributed by atoms with E-state index in [0.29, 0.717) is 17.2 Å². The molecule has 0 atom stereocenters. The van der Waals surface area contributed by atoms with Gasteiger partial charge in [-0.2, -0.15) is 0 Å². The molecule has 2 aromatic carbocycles. The summed E-state index contributed by atoms with van der Waals surface area (Å²) in [5, 5.41) is 0.758. The highest BCUT2D eigenvalue weighted by atomic mass is 35.5. The van der Waals surface area contributed by atoms with Crippen molar-refractivity contribution >= 4 is 21.4 Å². The summed E-state index contributed by atoms with van der Waals surface area (Å²) in [6, 6.07) is 14.6. The number of halogens is 1. The molecule has 1 aliphatic heterocycles. The van der Waals surface area contributed by atoms with E-state index < -0.39 is 9.84 Å². The van der Waals surface area contributed by atoms with Gasteiger partial charge < -0.3 is 4.74 Å². The average molecular weight is 409 g/mol. The first-order valence-electron chi connectivity index (χ1n) is 9.02. The third kappa shape index (κ3) is 5.69. The second kappa shape index (κ2) is 9.06. The zero-order valence-electron chi connectivity index (χ0n) is 15.5. The van der Waals surface area contributed by atoms with Crippen LogP contribution in [0.2, 0.25) is 5.02 Å². The Balaban J connectivity index is 1.49. The molecule has 0 N–H and O–H groups in total. The van der Waals surface area contributed by atoms with Gasteiger partial charge in [0, 0.05) is 44.3 Å². The Morgan fingerprint density at radius 3 is 2.41 bits per heavy atom. The zero-order chi connectivity index (χ0) is 19.3. The molecule has 0 spiro atoms. The summed E-state index contributed by atoms with van der Waals surface area (Å²) in [4.78, 5) is 4.91. The molecular weight excluding hydrogens is 384 g/mol. The van der Waals surface area contributed by atoms with Crippen molar-refractivity contribution in [3.63, 3.8) is 0 Å². The summed E-state index contributed by atoms with van der Waals surface area (Å²) < 4.78 is 30.3. The molecule has 1 heterocycles. The van der Waals surface area contributed by atoms with Crippen LogP contribution in [-0.4, -0.2) is 63.8 Å². The maximum Gasteiger partial charge on any atom is 0.179 e. The fraction of sp³-hybridized carbons (Fsp3) is 0.400. The van der Waals surface area contributed by atoms with Crippen LogP contribution >= 0.6 is 11.6 Å². The fourth-order valence-corrected chi connectivity index (χ4v) is 4.76. The number of sulfone groups is 1. The van der Waals surface area contributed by atoms with Crippen LogP contribution in [-0.2, 0) is 16.4 Å². The van der Waals surface area contributed by atoms with Crippen LogP contribution in [0.5, 0.6) is 5.75 Å². The van der Waals surface area contributed by atoms with Gasteiger partial charge in [-0.3, -0.25) is 9.80 Å². The zero-order valence-corrected chi connectivity index (χ0v) is 17.0. The van der Waals surface area contributed by atoms with Gasteiger partial charge in [0.2, 0.25) is 0 Å². The number of nitrogens with zero attached hydrogens (tertiary/aromatic N) is 2. The first-order valence-corrected chi connectivity index (χ1v) is 11.1. The number of piperazine rings is 1. The van der Waals surface area contributed by atoms with Crippen LogP contribution in [0.1, 0.15) is 5.56 Å². The number of rotatable bonds is 7. The van der Waals surface area contributed by atoms with E-state index in [2.05, 4.69) is 15.9 Å². The number of methoxy groups -OCH3 is 1. The smallest absolute Gasteiger partial charge is 0.179 e. The van der Waals surface area contributed by atoms with Crippen molar-refractivity contribution in [2.45, 2.75) is 11.4 Å². The maximum atomic E-state index is 12.6. The Labute approximate surface area is 166 Å². The summed E-state index contributed by atoms with van der Waals surface area (Å²) in [6.45, 7) is 5.00. The molecule has 146 valence electrons. The van der Waals surface area contributed by atoms with E-state index in [-0.39, 0.29) is 5.75 Å². The highest BCUT2D eigenvalue weighted by Gasteiger charge is 2.21. The van der Waals surface area contributed by atoms with Crippen molar-refractivity contribution in [2.75, 3.05) is 45.6 Å².